The Hall–Kier alpha value is -2.47. The summed E-state index contributed by atoms with van der Waals surface area (Å²) in [4.78, 5) is 16.0. The van der Waals surface area contributed by atoms with Gasteiger partial charge in [0.1, 0.15) is 12.1 Å². The van der Waals surface area contributed by atoms with E-state index in [4.69, 9.17) is 4.99 Å². The van der Waals surface area contributed by atoms with E-state index in [0.29, 0.717) is 19.6 Å². The maximum absolute atomic E-state index is 4.89. The van der Waals surface area contributed by atoms with E-state index in [9.17, 15) is 0 Å². The summed E-state index contributed by atoms with van der Waals surface area (Å²) in [5.41, 5.74) is 2.11. The minimum Gasteiger partial charge on any atom is -0.368 e. The molecule has 3 N–H and O–H groups in total. The molecule has 10 heteroatoms. The van der Waals surface area contributed by atoms with Crippen LogP contribution in [-0.2, 0) is 7.05 Å². The Morgan fingerprint density at radius 1 is 1.06 bits per heavy atom. The van der Waals surface area contributed by atoms with Gasteiger partial charge in [0.2, 0.25) is 0 Å². The summed E-state index contributed by atoms with van der Waals surface area (Å²) in [6.07, 6.45) is 3.34. The van der Waals surface area contributed by atoms with Crippen molar-refractivity contribution in [1.82, 2.24) is 35.3 Å². The molecule has 0 radical (unpaired) electrons. The van der Waals surface area contributed by atoms with Crippen LogP contribution in [0, 0.1) is 0 Å². The predicted molar refractivity (Wildman–Crippen MR) is 146 cm³/mol. The van der Waals surface area contributed by atoms with E-state index in [-0.39, 0.29) is 30.0 Å². The highest BCUT2D eigenvalue weighted by atomic mass is 127. The molecule has 0 aliphatic heterocycles. The van der Waals surface area contributed by atoms with E-state index >= 15 is 0 Å². The van der Waals surface area contributed by atoms with Crippen molar-refractivity contribution < 1.29 is 0 Å². The van der Waals surface area contributed by atoms with Gasteiger partial charge < -0.3 is 16.0 Å². The summed E-state index contributed by atoms with van der Waals surface area (Å²) < 4.78 is 1.75. The zero-order chi connectivity index (χ0) is 22.8. The van der Waals surface area contributed by atoms with Crippen LogP contribution < -0.4 is 16.0 Å². The summed E-state index contributed by atoms with van der Waals surface area (Å²) >= 11 is 0. The van der Waals surface area contributed by atoms with E-state index < -0.39 is 0 Å². The van der Waals surface area contributed by atoms with Crippen LogP contribution in [0.1, 0.15) is 32.4 Å². The molecule has 1 aromatic carbocycles. The van der Waals surface area contributed by atoms with Crippen molar-refractivity contribution >= 4 is 46.8 Å². The molecule has 2 aromatic heterocycles. The van der Waals surface area contributed by atoms with Crippen molar-refractivity contribution in [1.29, 1.82) is 0 Å². The summed E-state index contributed by atoms with van der Waals surface area (Å²) in [5.74, 6) is 1.61. The Bertz CT molecular complexity index is 986. The normalized spacial score (nSPS) is 12.5. The van der Waals surface area contributed by atoms with E-state index in [1.165, 1.54) is 5.56 Å². The number of hydrogen-bond acceptors (Lipinski definition) is 6. The van der Waals surface area contributed by atoms with Crippen LogP contribution >= 0.6 is 24.0 Å². The average Bonchev–Trinajstić information content (AvgIpc) is 3.21. The number of halogens is 1. The van der Waals surface area contributed by atoms with E-state index in [1.54, 1.807) is 17.2 Å². The fraction of sp³-hybridized carbons (Fsp3) is 0.478. The molecule has 9 nitrogen and oxygen atoms in total. The number of fused-ring (bicyclic) bond motifs is 1. The van der Waals surface area contributed by atoms with Gasteiger partial charge in [0, 0.05) is 26.7 Å². The van der Waals surface area contributed by atoms with E-state index in [1.807, 2.05) is 7.05 Å². The molecule has 0 aliphatic rings. The van der Waals surface area contributed by atoms with Gasteiger partial charge in [-0.1, -0.05) is 44.2 Å². The highest BCUT2D eigenvalue weighted by molar-refractivity contribution is 14.0. The number of nitrogens with zero attached hydrogens (tertiary/aromatic N) is 6. The fourth-order valence-corrected chi connectivity index (χ4v) is 3.76. The molecule has 3 aromatic rings. The smallest absolute Gasteiger partial charge is 0.191 e. The topological polar surface area (TPSA) is 95.3 Å². The molecule has 0 bridgehead atoms. The Morgan fingerprint density at radius 2 is 1.82 bits per heavy atom. The lowest BCUT2D eigenvalue weighted by Crippen LogP contribution is -2.40. The summed E-state index contributed by atoms with van der Waals surface area (Å²) in [7, 11) is 1.88. The van der Waals surface area contributed by atoms with Gasteiger partial charge in [0.15, 0.2) is 11.6 Å². The van der Waals surface area contributed by atoms with Gasteiger partial charge in [-0.25, -0.2) is 9.97 Å². The highest BCUT2D eigenvalue weighted by Gasteiger charge is 2.17. The molecule has 2 heterocycles. The zero-order valence-corrected chi connectivity index (χ0v) is 22.3. The second kappa shape index (κ2) is 13.9. The number of anilines is 1. The number of aliphatic imine (C=N–C) groups is 1. The lowest BCUT2D eigenvalue weighted by molar-refractivity contribution is 0.224. The number of guanidine groups is 1. The van der Waals surface area contributed by atoms with Crippen LogP contribution in [-0.4, -0.2) is 69.9 Å². The molecule has 33 heavy (non-hydrogen) atoms. The third kappa shape index (κ3) is 7.26. The third-order valence-electron chi connectivity index (χ3n) is 5.44. The number of rotatable bonds is 11. The van der Waals surface area contributed by atoms with Gasteiger partial charge in [-0.2, -0.15) is 5.10 Å². The van der Waals surface area contributed by atoms with Gasteiger partial charge in [0.25, 0.3) is 0 Å². The average molecular weight is 566 g/mol. The highest BCUT2D eigenvalue weighted by Crippen LogP contribution is 2.20. The van der Waals surface area contributed by atoms with E-state index in [0.717, 1.165) is 42.4 Å². The molecule has 0 aliphatic carbocycles. The van der Waals surface area contributed by atoms with Crippen molar-refractivity contribution in [2.75, 3.05) is 44.6 Å². The first-order valence-corrected chi connectivity index (χ1v) is 11.4. The minimum atomic E-state index is 0. The Morgan fingerprint density at radius 3 is 2.52 bits per heavy atom. The first-order valence-electron chi connectivity index (χ1n) is 11.4. The molecule has 3 rings (SSSR count). The Kier molecular flexibility index (Phi) is 11.3. The van der Waals surface area contributed by atoms with Crippen LogP contribution in [0.15, 0.2) is 47.8 Å². The molecule has 0 saturated carbocycles. The number of hydrogen-bond donors (Lipinski definition) is 3. The van der Waals surface area contributed by atoms with Gasteiger partial charge in [-0.05, 0) is 25.6 Å². The van der Waals surface area contributed by atoms with Crippen molar-refractivity contribution in [2.45, 2.75) is 26.8 Å². The van der Waals surface area contributed by atoms with Gasteiger partial charge in [-0.15, -0.1) is 24.0 Å². The summed E-state index contributed by atoms with van der Waals surface area (Å²) in [5, 5.41) is 15.3. The maximum atomic E-state index is 4.89. The molecule has 1 unspecified atom stereocenters. The molecular weight excluding hydrogens is 529 g/mol. The molecule has 0 amide bonds. The molecule has 1 atom stereocenters. The second-order valence-corrected chi connectivity index (χ2v) is 7.45. The van der Waals surface area contributed by atoms with E-state index in [2.05, 4.69) is 87.0 Å². The predicted octanol–water partition coefficient (Wildman–Crippen LogP) is 3.03. The molecule has 0 spiro atoms. The van der Waals surface area contributed by atoms with Crippen molar-refractivity contribution in [3.8, 4) is 0 Å². The Balaban J connectivity index is 0.00000385. The van der Waals surface area contributed by atoms with Gasteiger partial charge in [-0.3, -0.25) is 14.6 Å². The van der Waals surface area contributed by atoms with Crippen LogP contribution in [0.5, 0.6) is 0 Å². The number of aromatic nitrogens is 4. The second-order valence-electron chi connectivity index (χ2n) is 7.45. The molecule has 0 saturated heterocycles. The van der Waals surface area contributed by atoms with Crippen molar-refractivity contribution in [3.63, 3.8) is 0 Å². The Labute approximate surface area is 213 Å². The quantitative estimate of drug-likeness (QED) is 0.142. The molecule has 180 valence electrons. The van der Waals surface area contributed by atoms with Crippen LogP contribution in [0.25, 0.3) is 11.0 Å². The first kappa shape index (κ1) is 26.8. The number of aryl methyl sites for hydroxylation is 1. The summed E-state index contributed by atoms with van der Waals surface area (Å²) in [6.45, 7) is 11.4. The number of benzene rings is 1. The van der Waals surface area contributed by atoms with Gasteiger partial charge >= 0.3 is 0 Å². The van der Waals surface area contributed by atoms with Crippen LogP contribution in [0.2, 0.25) is 0 Å². The zero-order valence-electron chi connectivity index (χ0n) is 20.0. The summed E-state index contributed by atoms with van der Waals surface area (Å²) in [6, 6.07) is 10.9. The SMILES string of the molecule is CCNC(=NCC(c1ccccc1)N(CC)CC)NCCNc1ncnc2c1cnn2C.I. The molecule has 0 fully saturated rings. The first-order chi connectivity index (χ1) is 15.7. The van der Waals surface area contributed by atoms with Crippen molar-refractivity contribution in [2.24, 2.45) is 12.0 Å². The minimum absolute atomic E-state index is 0. The molecular formula is C23H36IN9. The number of likely N-dealkylation sites (N-methyl/N-ethyl adjacent to an activating group) is 1. The largest absolute Gasteiger partial charge is 0.368 e. The van der Waals surface area contributed by atoms with Gasteiger partial charge in [0.05, 0.1) is 24.2 Å². The third-order valence-corrected chi connectivity index (χ3v) is 5.44. The lowest BCUT2D eigenvalue weighted by atomic mass is 10.1. The standard InChI is InChI=1S/C23H35N9.HI/c1-5-24-23(27-16-20(32(6-2)7-3)18-11-9-8-10-12-18)26-14-13-25-21-19-15-30-31(4)22(19)29-17-28-21;/h8-12,15,17,20H,5-7,13-14,16H2,1-4H3,(H2,24,26,27)(H,25,28,29);1H. The number of nitrogens with one attached hydrogen (secondary N) is 3. The monoisotopic (exact) mass is 565 g/mol. The van der Waals surface area contributed by atoms with Crippen molar-refractivity contribution in [3.05, 3.63) is 48.4 Å². The van der Waals surface area contributed by atoms with Crippen LogP contribution in [0.3, 0.4) is 0 Å². The lowest BCUT2D eigenvalue weighted by Gasteiger charge is -2.29. The fourth-order valence-electron chi connectivity index (χ4n) is 3.76. The van der Waals surface area contributed by atoms with Crippen LogP contribution in [0.4, 0.5) is 5.82 Å². The maximum Gasteiger partial charge on any atom is 0.191 e.